The first-order valence-electron chi connectivity index (χ1n) is 8.27. The molecule has 1 aromatic carbocycles. The molecule has 148 valence electrons. The topological polar surface area (TPSA) is 111 Å². The first-order valence-corrected chi connectivity index (χ1v) is 10.2. The lowest BCUT2D eigenvalue weighted by atomic mass is 9.94. The van der Waals surface area contributed by atoms with Crippen LogP contribution in [0.25, 0.3) is 0 Å². The number of hydrogen-bond acceptors (Lipinski definition) is 6. The van der Waals surface area contributed by atoms with Gasteiger partial charge in [-0.1, -0.05) is 11.6 Å². The summed E-state index contributed by atoms with van der Waals surface area (Å²) in [4.78, 5) is 11.7. The lowest BCUT2D eigenvalue weighted by Gasteiger charge is -2.32. The standard InChI is InChI=1S/C17H20ClNO7S/c1-10-7-13(14(24-2)8-12(10)18)19-27(22,23)15-3-4-17(25-5-6-26-17)9-11(15)16(20)21/h7-9,15,19H,3-6H2,1-2H3,(H,20,21). The number of halogens is 1. The fraction of sp³-hybridized carbons (Fsp3) is 0.471. The fourth-order valence-corrected chi connectivity index (χ4v) is 4.94. The van der Waals surface area contributed by atoms with Crippen LogP contribution in [0.15, 0.2) is 23.8 Å². The summed E-state index contributed by atoms with van der Waals surface area (Å²) in [7, 11) is -2.68. The third kappa shape index (κ3) is 3.91. The predicted molar refractivity (Wildman–Crippen MR) is 98.7 cm³/mol. The molecule has 1 aliphatic carbocycles. The zero-order valence-electron chi connectivity index (χ0n) is 14.8. The van der Waals surface area contributed by atoms with Crippen LogP contribution in [0.1, 0.15) is 18.4 Å². The van der Waals surface area contributed by atoms with E-state index in [-0.39, 0.29) is 29.9 Å². The zero-order chi connectivity index (χ0) is 19.8. The van der Waals surface area contributed by atoms with Gasteiger partial charge in [0.05, 0.1) is 31.6 Å². The molecule has 1 unspecified atom stereocenters. The Bertz CT molecular complexity index is 891. The van der Waals surface area contributed by atoms with Gasteiger partial charge in [-0.2, -0.15) is 0 Å². The van der Waals surface area contributed by atoms with Crippen molar-refractivity contribution in [1.82, 2.24) is 0 Å². The van der Waals surface area contributed by atoms with Crippen LogP contribution in [0.3, 0.4) is 0 Å². The Labute approximate surface area is 162 Å². The Hall–Kier alpha value is -1.81. The van der Waals surface area contributed by atoms with E-state index < -0.39 is 27.0 Å². The molecule has 1 aliphatic heterocycles. The number of sulfonamides is 1. The van der Waals surface area contributed by atoms with Gasteiger partial charge in [-0.3, -0.25) is 4.72 Å². The van der Waals surface area contributed by atoms with Crippen molar-refractivity contribution < 1.29 is 32.5 Å². The Morgan fingerprint density at radius 1 is 1.37 bits per heavy atom. The van der Waals surface area contributed by atoms with Gasteiger partial charge in [0.25, 0.3) is 0 Å². The smallest absolute Gasteiger partial charge is 0.332 e. The van der Waals surface area contributed by atoms with Crippen LogP contribution in [0.4, 0.5) is 5.69 Å². The van der Waals surface area contributed by atoms with Crippen LogP contribution in [0.5, 0.6) is 5.75 Å². The van der Waals surface area contributed by atoms with Crippen molar-refractivity contribution in [2.75, 3.05) is 25.0 Å². The van der Waals surface area contributed by atoms with Gasteiger partial charge in [-0.05, 0) is 31.1 Å². The second-order valence-electron chi connectivity index (χ2n) is 6.39. The van der Waals surface area contributed by atoms with Crippen LogP contribution in [0.2, 0.25) is 5.02 Å². The summed E-state index contributed by atoms with van der Waals surface area (Å²) in [5.74, 6) is -2.25. The number of rotatable bonds is 5. The molecule has 1 saturated heterocycles. The summed E-state index contributed by atoms with van der Waals surface area (Å²) < 4.78 is 44.5. The molecule has 0 amide bonds. The molecule has 2 N–H and O–H groups in total. The van der Waals surface area contributed by atoms with E-state index in [0.717, 1.165) is 0 Å². The number of carbonyl (C=O) groups is 1. The maximum Gasteiger partial charge on any atom is 0.332 e. The number of nitrogens with one attached hydrogen (secondary N) is 1. The third-order valence-corrected chi connectivity index (χ3v) is 6.76. The molecular weight excluding hydrogens is 398 g/mol. The van der Waals surface area contributed by atoms with Gasteiger partial charge in [-0.15, -0.1) is 0 Å². The summed E-state index contributed by atoms with van der Waals surface area (Å²) in [6.45, 7) is 2.39. The summed E-state index contributed by atoms with van der Waals surface area (Å²) in [6, 6.07) is 3.04. The molecule has 8 nitrogen and oxygen atoms in total. The van der Waals surface area contributed by atoms with Crippen molar-refractivity contribution in [3.8, 4) is 5.75 Å². The number of ether oxygens (including phenoxy) is 3. The molecule has 1 atom stereocenters. The van der Waals surface area contributed by atoms with Gasteiger partial charge in [0.1, 0.15) is 11.0 Å². The highest BCUT2D eigenvalue weighted by molar-refractivity contribution is 7.93. The third-order valence-electron chi connectivity index (χ3n) is 4.61. The minimum atomic E-state index is -4.07. The van der Waals surface area contributed by atoms with E-state index >= 15 is 0 Å². The van der Waals surface area contributed by atoms with Gasteiger partial charge in [0.15, 0.2) is 5.79 Å². The summed E-state index contributed by atoms with van der Waals surface area (Å²) in [5.41, 5.74) is 0.567. The summed E-state index contributed by atoms with van der Waals surface area (Å²) in [6.07, 6.45) is 1.55. The second-order valence-corrected chi connectivity index (χ2v) is 8.66. The molecule has 0 saturated carbocycles. The van der Waals surface area contributed by atoms with Crippen molar-refractivity contribution >= 4 is 33.3 Å². The molecule has 2 aliphatic rings. The molecule has 0 bridgehead atoms. The number of hydrogen-bond donors (Lipinski definition) is 2. The largest absolute Gasteiger partial charge is 0.495 e. The average molecular weight is 418 g/mol. The maximum atomic E-state index is 13.0. The molecule has 1 heterocycles. The van der Waals surface area contributed by atoms with Crippen molar-refractivity contribution in [3.05, 3.63) is 34.4 Å². The van der Waals surface area contributed by atoms with Gasteiger partial charge in [0.2, 0.25) is 10.0 Å². The van der Waals surface area contributed by atoms with Gasteiger partial charge in [-0.25, -0.2) is 13.2 Å². The van der Waals surface area contributed by atoms with Crippen LogP contribution < -0.4 is 9.46 Å². The molecule has 1 aromatic rings. The molecule has 1 spiro atoms. The van der Waals surface area contributed by atoms with Gasteiger partial charge < -0.3 is 19.3 Å². The number of carboxylic acid groups (broad SMARTS) is 1. The van der Waals surface area contributed by atoms with Crippen molar-refractivity contribution in [3.63, 3.8) is 0 Å². The van der Waals surface area contributed by atoms with E-state index in [9.17, 15) is 18.3 Å². The highest BCUT2D eigenvalue weighted by Crippen LogP contribution is 2.38. The van der Waals surface area contributed by atoms with E-state index in [0.29, 0.717) is 23.8 Å². The number of benzene rings is 1. The lowest BCUT2D eigenvalue weighted by molar-refractivity contribution is -0.138. The Balaban J connectivity index is 1.95. The monoisotopic (exact) mass is 417 g/mol. The second kappa shape index (κ2) is 7.31. The Kier molecular flexibility index (Phi) is 5.40. The highest BCUT2D eigenvalue weighted by atomic mass is 35.5. The summed E-state index contributed by atoms with van der Waals surface area (Å²) >= 11 is 6.05. The van der Waals surface area contributed by atoms with Gasteiger partial charge in [0, 0.05) is 17.5 Å². The van der Waals surface area contributed by atoms with E-state index in [1.165, 1.54) is 25.3 Å². The zero-order valence-corrected chi connectivity index (χ0v) is 16.4. The van der Waals surface area contributed by atoms with E-state index in [1.807, 2.05) is 0 Å². The molecular formula is C17H20ClNO7S. The first-order chi connectivity index (χ1) is 12.7. The van der Waals surface area contributed by atoms with Crippen LogP contribution in [-0.2, 0) is 24.3 Å². The minimum Gasteiger partial charge on any atom is -0.495 e. The molecule has 0 aromatic heterocycles. The number of aryl methyl sites for hydroxylation is 1. The summed E-state index contributed by atoms with van der Waals surface area (Å²) in [5, 5.41) is 8.72. The van der Waals surface area contributed by atoms with E-state index in [1.54, 1.807) is 6.92 Å². The average Bonchev–Trinajstić information content (AvgIpc) is 3.05. The molecule has 0 radical (unpaired) electrons. The van der Waals surface area contributed by atoms with Gasteiger partial charge >= 0.3 is 5.97 Å². The Morgan fingerprint density at radius 3 is 2.63 bits per heavy atom. The quantitative estimate of drug-likeness (QED) is 0.756. The lowest BCUT2D eigenvalue weighted by Crippen LogP contribution is -2.41. The number of carboxylic acids is 1. The van der Waals surface area contributed by atoms with Crippen LogP contribution in [0, 0.1) is 6.92 Å². The molecule has 1 fully saturated rings. The molecule has 10 heteroatoms. The van der Waals surface area contributed by atoms with E-state index in [2.05, 4.69) is 4.72 Å². The van der Waals surface area contributed by atoms with Crippen LogP contribution >= 0.6 is 11.6 Å². The van der Waals surface area contributed by atoms with Crippen molar-refractivity contribution in [2.24, 2.45) is 0 Å². The number of anilines is 1. The number of aliphatic carboxylic acids is 1. The number of methoxy groups -OCH3 is 1. The Morgan fingerprint density at radius 2 is 2.04 bits per heavy atom. The van der Waals surface area contributed by atoms with E-state index in [4.69, 9.17) is 25.8 Å². The predicted octanol–water partition coefficient (Wildman–Crippen LogP) is 2.32. The molecule has 27 heavy (non-hydrogen) atoms. The van der Waals surface area contributed by atoms with Crippen molar-refractivity contribution in [2.45, 2.75) is 30.8 Å². The first kappa shape index (κ1) is 19.9. The maximum absolute atomic E-state index is 13.0. The SMILES string of the molecule is COc1cc(Cl)c(C)cc1NS(=O)(=O)C1CCC2(C=C1C(=O)O)OCCO2. The normalized spacial score (nSPS) is 21.7. The molecule has 3 rings (SSSR count). The van der Waals surface area contributed by atoms with Crippen LogP contribution in [-0.4, -0.2) is 50.9 Å². The van der Waals surface area contributed by atoms with Crippen molar-refractivity contribution in [1.29, 1.82) is 0 Å². The fourth-order valence-electron chi connectivity index (χ4n) is 3.25. The highest BCUT2D eigenvalue weighted by Gasteiger charge is 2.45. The minimum absolute atomic E-state index is 0.0440.